The zero-order chi connectivity index (χ0) is 40.2. The van der Waals surface area contributed by atoms with Crippen LogP contribution < -0.4 is 4.90 Å². The summed E-state index contributed by atoms with van der Waals surface area (Å²) in [6.07, 6.45) is 0. The van der Waals surface area contributed by atoms with Crippen molar-refractivity contribution in [2.24, 2.45) is 0 Å². The Morgan fingerprint density at radius 1 is 0.367 bits per heavy atom. The minimum absolute atomic E-state index is 0.496. The Bertz CT molecular complexity index is 3090. The number of anilines is 3. The lowest BCUT2D eigenvalue weighted by atomic mass is 9.64. The first-order valence-corrected chi connectivity index (χ1v) is 19.8. The topological polar surface area (TPSA) is 89.5 Å². The van der Waals surface area contributed by atoms with E-state index in [2.05, 4.69) is 163 Å². The van der Waals surface area contributed by atoms with E-state index in [1.165, 1.54) is 33.4 Å². The van der Waals surface area contributed by atoms with Crippen LogP contribution >= 0.6 is 0 Å². The van der Waals surface area contributed by atoms with Crippen LogP contribution in [0.2, 0.25) is 0 Å². The highest BCUT2D eigenvalue weighted by Crippen LogP contribution is 2.63. The predicted octanol–water partition coefficient (Wildman–Crippen LogP) is 12.4. The largest absolute Gasteiger partial charge is 0.310 e. The van der Waals surface area contributed by atoms with Gasteiger partial charge in [-0.2, -0.15) is 10.5 Å². The van der Waals surface area contributed by atoms with Gasteiger partial charge in [0, 0.05) is 22.4 Å². The van der Waals surface area contributed by atoms with Gasteiger partial charge in [0.05, 0.1) is 40.1 Å². The second kappa shape index (κ2) is 13.9. The summed E-state index contributed by atoms with van der Waals surface area (Å²) in [6.45, 7) is 0. The molecule has 0 saturated heterocycles. The van der Waals surface area contributed by atoms with Crippen LogP contribution in [0.15, 0.2) is 194 Å². The molecule has 2 aliphatic rings. The van der Waals surface area contributed by atoms with Gasteiger partial charge in [-0.15, -0.1) is 0 Å². The molecule has 0 radical (unpaired) electrons. The number of nitrogens with zero attached hydrogens (tertiary/aromatic N) is 6. The molecule has 2 heterocycles. The first kappa shape index (κ1) is 34.8. The number of aromatic nitrogens is 3. The van der Waals surface area contributed by atoms with Gasteiger partial charge in [0.25, 0.3) is 0 Å². The molecule has 0 atom stereocenters. The SMILES string of the molecule is N#Cc1ccc(-c2nc(-c3ccc(C#N)cc3)nc(-c3ccc(-c4ccc5c(c4)C4(c6ccccc6-5)c5ccccc5N(c5ccccc5)c5ccccc54)cc3)n2)cc1. The van der Waals surface area contributed by atoms with Gasteiger partial charge in [-0.1, -0.05) is 115 Å². The van der Waals surface area contributed by atoms with Gasteiger partial charge in [0.1, 0.15) is 0 Å². The van der Waals surface area contributed by atoms with E-state index in [1.807, 2.05) is 24.3 Å². The molecule has 11 rings (SSSR count). The minimum atomic E-state index is -0.547. The van der Waals surface area contributed by atoms with E-state index in [1.54, 1.807) is 24.3 Å². The van der Waals surface area contributed by atoms with Gasteiger partial charge in [-0.25, -0.2) is 15.0 Å². The summed E-state index contributed by atoms with van der Waals surface area (Å²) >= 11 is 0. The van der Waals surface area contributed by atoms with Crippen LogP contribution in [0, 0.1) is 22.7 Å². The Balaban J connectivity index is 1.05. The summed E-state index contributed by atoms with van der Waals surface area (Å²) in [6, 6.07) is 71.4. The molecular weight excluding hydrogens is 733 g/mol. The Morgan fingerprint density at radius 3 is 1.32 bits per heavy atom. The second-order valence-electron chi connectivity index (χ2n) is 15.0. The van der Waals surface area contributed by atoms with Crippen molar-refractivity contribution in [3.63, 3.8) is 0 Å². The molecule has 60 heavy (non-hydrogen) atoms. The fraction of sp³-hybridized carbons (Fsp3) is 0.0185. The van der Waals surface area contributed by atoms with Crippen molar-refractivity contribution in [2.45, 2.75) is 5.41 Å². The zero-order valence-corrected chi connectivity index (χ0v) is 32.2. The van der Waals surface area contributed by atoms with Gasteiger partial charge in [0.15, 0.2) is 17.5 Å². The zero-order valence-electron chi connectivity index (χ0n) is 32.2. The van der Waals surface area contributed by atoms with Crippen molar-refractivity contribution in [1.29, 1.82) is 10.5 Å². The fourth-order valence-corrected chi connectivity index (χ4v) is 9.10. The van der Waals surface area contributed by atoms with E-state index in [4.69, 9.17) is 15.0 Å². The van der Waals surface area contributed by atoms with Crippen molar-refractivity contribution >= 4 is 17.1 Å². The fourth-order valence-electron chi connectivity index (χ4n) is 9.10. The number of nitriles is 2. The van der Waals surface area contributed by atoms with Crippen molar-refractivity contribution in [1.82, 2.24) is 15.0 Å². The van der Waals surface area contributed by atoms with Crippen molar-refractivity contribution in [3.05, 3.63) is 228 Å². The first-order valence-electron chi connectivity index (χ1n) is 19.8. The van der Waals surface area contributed by atoms with Crippen LogP contribution in [0.25, 0.3) is 56.4 Å². The summed E-state index contributed by atoms with van der Waals surface area (Å²) in [5.74, 6) is 1.52. The third kappa shape index (κ3) is 5.36. The van der Waals surface area contributed by atoms with Gasteiger partial charge in [-0.3, -0.25) is 0 Å². The van der Waals surface area contributed by atoms with Gasteiger partial charge >= 0.3 is 0 Å². The lowest BCUT2D eigenvalue weighted by Gasteiger charge is -2.45. The van der Waals surface area contributed by atoms with Crippen LogP contribution in [0.4, 0.5) is 17.1 Å². The molecule has 6 nitrogen and oxygen atoms in total. The number of para-hydroxylation sites is 3. The van der Waals surface area contributed by atoms with E-state index in [-0.39, 0.29) is 0 Å². The Labute approximate surface area is 347 Å². The highest BCUT2D eigenvalue weighted by Gasteiger charge is 2.51. The quantitative estimate of drug-likeness (QED) is 0.173. The lowest BCUT2D eigenvalue weighted by Crippen LogP contribution is -2.36. The molecule has 1 aliphatic carbocycles. The molecule has 0 N–H and O–H groups in total. The van der Waals surface area contributed by atoms with E-state index < -0.39 is 5.41 Å². The molecule has 0 bridgehead atoms. The minimum Gasteiger partial charge on any atom is -0.310 e. The predicted molar refractivity (Wildman–Crippen MR) is 237 cm³/mol. The van der Waals surface area contributed by atoms with Crippen molar-refractivity contribution in [3.8, 4) is 68.6 Å². The van der Waals surface area contributed by atoms with Gasteiger partial charge < -0.3 is 4.90 Å². The maximum absolute atomic E-state index is 9.40. The molecule has 0 saturated carbocycles. The second-order valence-corrected chi connectivity index (χ2v) is 15.0. The number of rotatable bonds is 5. The van der Waals surface area contributed by atoms with E-state index in [9.17, 15) is 10.5 Å². The van der Waals surface area contributed by atoms with Crippen LogP contribution in [-0.2, 0) is 5.41 Å². The average molecular weight is 765 g/mol. The highest BCUT2D eigenvalue weighted by atomic mass is 15.2. The van der Waals surface area contributed by atoms with Crippen LogP contribution in [0.1, 0.15) is 33.4 Å². The molecule has 6 heteroatoms. The lowest BCUT2D eigenvalue weighted by molar-refractivity contribution is 0.753. The normalized spacial score (nSPS) is 12.7. The van der Waals surface area contributed by atoms with Crippen molar-refractivity contribution < 1.29 is 0 Å². The van der Waals surface area contributed by atoms with E-state index in [0.29, 0.717) is 28.6 Å². The molecule has 1 spiro atoms. The summed E-state index contributed by atoms with van der Waals surface area (Å²) in [5, 5.41) is 18.8. The molecule has 0 amide bonds. The van der Waals surface area contributed by atoms with Gasteiger partial charge in [-0.05, 0) is 123 Å². The monoisotopic (exact) mass is 764 g/mol. The summed E-state index contributed by atoms with van der Waals surface area (Å²) in [7, 11) is 0. The molecule has 8 aromatic carbocycles. The molecule has 278 valence electrons. The number of hydrogen-bond acceptors (Lipinski definition) is 6. The van der Waals surface area contributed by atoms with Crippen molar-refractivity contribution in [2.75, 3.05) is 4.90 Å². The molecule has 1 aliphatic heterocycles. The van der Waals surface area contributed by atoms with Gasteiger partial charge in [0.2, 0.25) is 0 Å². The highest BCUT2D eigenvalue weighted by molar-refractivity contribution is 5.96. The summed E-state index contributed by atoms with van der Waals surface area (Å²) in [4.78, 5) is 17.1. The Hall–Kier alpha value is -8.45. The maximum Gasteiger partial charge on any atom is 0.164 e. The van der Waals surface area contributed by atoms with Crippen LogP contribution in [-0.4, -0.2) is 15.0 Å². The molecular formula is C54H32N6. The average Bonchev–Trinajstić information content (AvgIpc) is 3.62. The van der Waals surface area contributed by atoms with E-state index in [0.717, 1.165) is 44.9 Å². The number of hydrogen-bond donors (Lipinski definition) is 0. The maximum atomic E-state index is 9.40. The summed E-state index contributed by atoms with van der Waals surface area (Å²) in [5.41, 5.74) is 16.1. The third-order valence-electron chi connectivity index (χ3n) is 11.8. The molecule has 0 fully saturated rings. The van der Waals surface area contributed by atoms with Crippen LogP contribution in [0.5, 0.6) is 0 Å². The first-order chi connectivity index (χ1) is 29.6. The Kier molecular flexibility index (Phi) is 8.05. The van der Waals surface area contributed by atoms with Crippen LogP contribution in [0.3, 0.4) is 0 Å². The number of fused-ring (bicyclic) bond motifs is 9. The number of benzene rings is 8. The standard InChI is InChI=1S/C54H32N6/c55-33-35-18-22-38(23-19-35)51-57-52(39-24-20-36(34-56)21-25-39)59-53(58-51)40-28-26-37(27-29-40)41-30-31-44-43-12-4-5-13-45(43)54(48(44)32-41)46-14-6-8-16-49(46)60(42-10-2-1-3-11-42)50-17-9-7-15-47(50)54/h1-32H. The molecule has 1 aromatic heterocycles. The molecule has 9 aromatic rings. The van der Waals surface area contributed by atoms with E-state index >= 15 is 0 Å². The summed E-state index contributed by atoms with van der Waals surface area (Å²) < 4.78 is 0. The Morgan fingerprint density at radius 2 is 0.783 bits per heavy atom. The third-order valence-corrected chi connectivity index (χ3v) is 11.8. The smallest absolute Gasteiger partial charge is 0.164 e. The molecule has 0 unspecified atom stereocenters.